The van der Waals surface area contributed by atoms with E-state index in [1.165, 1.54) is 6.26 Å². The molecule has 0 radical (unpaired) electrons. The molecule has 134 valence electrons. The summed E-state index contributed by atoms with van der Waals surface area (Å²) in [6.45, 7) is 0.620. The Morgan fingerprint density at radius 3 is 2.50 bits per heavy atom. The minimum Gasteiger partial charge on any atom is -0.339 e. The summed E-state index contributed by atoms with van der Waals surface area (Å²) < 4.78 is 26.0. The molecule has 0 bridgehead atoms. The number of carbonyl (C=O) groups excluding carboxylic acids is 1. The van der Waals surface area contributed by atoms with Gasteiger partial charge in [-0.15, -0.1) is 0 Å². The average molecular weight is 388 g/mol. The maximum Gasteiger partial charge on any atom is 0.175 e. The Morgan fingerprint density at radius 1 is 1.08 bits per heavy atom. The molecule has 6 heteroatoms. The quantitative estimate of drug-likeness (QED) is 0.674. The maximum absolute atomic E-state index is 12.6. The first-order chi connectivity index (χ1) is 12.3. The summed E-state index contributed by atoms with van der Waals surface area (Å²) in [5.41, 5.74) is 3.66. The third kappa shape index (κ3) is 2.95. The van der Waals surface area contributed by atoms with E-state index in [1.54, 1.807) is 12.1 Å². The largest absolute Gasteiger partial charge is 0.339 e. The van der Waals surface area contributed by atoms with Gasteiger partial charge in [-0.2, -0.15) is 0 Å². The topological polar surface area (TPSA) is 56.1 Å². The van der Waals surface area contributed by atoms with Crippen molar-refractivity contribution in [2.45, 2.75) is 30.7 Å². The van der Waals surface area contributed by atoms with Crippen LogP contribution in [0.2, 0.25) is 5.02 Å². The van der Waals surface area contributed by atoms with Crippen molar-refractivity contribution < 1.29 is 13.2 Å². The van der Waals surface area contributed by atoms with Crippen molar-refractivity contribution in [3.63, 3.8) is 0 Å². The lowest BCUT2D eigenvalue weighted by atomic mass is 9.94. The molecule has 1 aromatic heterocycles. The highest BCUT2D eigenvalue weighted by molar-refractivity contribution is 7.90. The summed E-state index contributed by atoms with van der Waals surface area (Å²) in [7, 11) is -3.33. The van der Waals surface area contributed by atoms with Gasteiger partial charge < -0.3 is 4.57 Å². The van der Waals surface area contributed by atoms with Gasteiger partial charge in [0.1, 0.15) is 0 Å². The fourth-order valence-electron chi connectivity index (χ4n) is 3.68. The van der Waals surface area contributed by atoms with Gasteiger partial charge in [-0.05, 0) is 48.7 Å². The van der Waals surface area contributed by atoms with Gasteiger partial charge in [0.25, 0.3) is 0 Å². The summed E-state index contributed by atoms with van der Waals surface area (Å²) in [5.74, 6) is 0.0942. The van der Waals surface area contributed by atoms with E-state index in [4.69, 9.17) is 11.6 Å². The Balaban J connectivity index is 1.94. The lowest BCUT2D eigenvalue weighted by Gasteiger charge is -2.15. The molecule has 1 aliphatic rings. The molecule has 0 saturated carbocycles. The molecule has 0 amide bonds. The number of halogens is 1. The first-order valence-corrected chi connectivity index (χ1v) is 10.7. The number of ketones is 1. The van der Waals surface area contributed by atoms with E-state index in [9.17, 15) is 13.2 Å². The molecule has 0 spiro atoms. The van der Waals surface area contributed by atoms with E-state index in [2.05, 4.69) is 4.57 Å². The van der Waals surface area contributed by atoms with E-state index >= 15 is 0 Å². The lowest BCUT2D eigenvalue weighted by molar-refractivity contribution is 0.0973. The summed E-state index contributed by atoms with van der Waals surface area (Å²) in [5, 5.41) is 1.42. The van der Waals surface area contributed by atoms with E-state index in [1.807, 2.05) is 30.3 Å². The van der Waals surface area contributed by atoms with E-state index in [0.717, 1.165) is 35.0 Å². The number of carbonyl (C=O) groups is 1. The van der Waals surface area contributed by atoms with Crippen LogP contribution in [-0.2, 0) is 22.8 Å². The lowest BCUT2D eigenvalue weighted by Crippen LogP contribution is -2.13. The standard InChI is InChI=1S/C20H18ClNO3S/c1-26(24,25)15-9-10-17-16(11-15)20-18(3-2-4-19(20)23)22(17)12-13-5-7-14(21)8-6-13/h5-11H,2-4,12H2,1H3. The van der Waals surface area contributed by atoms with Crippen LogP contribution in [0.15, 0.2) is 47.4 Å². The minimum absolute atomic E-state index is 0.0942. The number of nitrogens with zero attached hydrogens (tertiary/aromatic N) is 1. The van der Waals surface area contributed by atoms with Gasteiger partial charge in [0.05, 0.1) is 4.90 Å². The van der Waals surface area contributed by atoms with Gasteiger partial charge in [-0.25, -0.2) is 8.42 Å². The van der Waals surface area contributed by atoms with Crippen LogP contribution in [0.1, 0.15) is 34.5 Å². The molecule has 1 aliphatic carbocycles. The molecular formula is C20H18ClNO3S. The third-order valence-corrected chi connectivity index (χ3v) is 6.28. The van der Waals surface area contributed by atoms with Gasteiger partial charge in [-0.1, -0.05) is 23.7 Å². The van der Waals surface area contributed by atoms with Crippen LogP contribution in [0.25, 0.3) is 10.9 Å². The van der Waals surface area contributed by atoms with Gasteiger partial charge in [0, 0.05) is 46.4 Å². The van der Waals surface area contributed by atoms with Crippen LogP contribution in [0.4, 0.5) is 0 Å². The van der Waals surface area contributed by atoms with Crippen LogP contribution < -0.4 is 0 Å². The van der Waals surface area contributed by atoms with Crippen molar-refractivity contribution in [1.29, 1.82) is 0 Å². The predicted molar refractivity (Wildman–Crippen MR) is 103 cm³/mol. The van der Waals surface area contributed by atoms with Crippen molar-refractivity contribution >= 4 is 38.1 Å². The van der Waals surface area contributed by atoms with Gasteiger partial charge in [0.15, 0.2) is 15.6 Å². The van der Waals surface area contributed by atoms with Crippen LogP contribution in [0, 0.1) is 0 Å². The normalized spacial score (nSPS) is 14.6. The van der Waals surface area contributed by atoms with Crippen LogP contribution >= 0.6 is 11.6 Å². The van der Waals surface area contributed by atoms with E-state index in [0.29, 0.717) is 23.6 Å². The monoisotopic (exact) mass is 387 g/mol. The molecule has 3 aromatic rings. The number of hydrogen-bond acceptors (Lipinski definition) is 3. The number of hydrogen-bond donors (Lipinski definition) is 0. The molecular weight excluding hydrogens is 370 g/mol. The second-order valence-corrected chi connectivity index (χ2v) is 9.21. The second kappa shape index (κ2) is 6.25. The summed E-state index contributed by atoms with van der Waals surface area (Å²) in [6.07, 6.45) is 3.34. The highest BCUT2D eigenvalue weighted by atomic mass is 35.5. The minimum atomic E-state index is -3.33. The molecule has 0 N–H and O–H groups in total. The zero-order chi connectivity index (χ0) is 18.5. The van der Waals surface area contributed by atoms with Gasteiger partial charge in [-0.3, -0.25) is 4.79 Å². The number of fused-ring (bicyclic) bond motifs is 3. The molecule has 0 saturated heterocycles. The first kappa shape index (κ1) is 17.3. The fraction of sp³-hybridized carbons (Fsp3) is 0.250. The highest BCUT2D eigenvalue weighted by Gasteiger charge is 2.26. The number of aromatic nitrogens is 1. The van der Waals surface area contributed by atoms with Gasteiger partial charge >= 0.3 is 0 Å². The zero-order valence-corrected chi connectivity index (χ0v) is 15.9. The molecule has 1 heterocycles. The van der Waals surface area contributed by atoms with E-state index in [-0.39, 0.29) is 10.7 Å². The Labute approximate surface area is 157 Å². The van der Waals surface area contributed by atoms with Crippen molar-refractivity contribution in [2.75, 3.05) is 6.26 Å². The van der Waals surface area contributed by atoms with Crippen molar-refractivity contribution in [3.8, 4) is 0 Å². The highest BCUT2D eigenvalue weighted by Crippen LogP contribution is 2.34. The molecule has 0 unspecified atom stereocenters. The smallest absolute Gasteiger partial charge is 0.175 e. The SMILES string of the molecule is CS(=O)(=O)c1ccc2c(c1)c1c(n2Cc2ccc(Cl)cc2)CCCC1=O. The maximum atomic E-state index is 12.6. The Hall–Kier alpha value is -2.11. The summed E-state index contributed by atoms with van der Waals surface area (Å²) in [6, 6.07) is 12.7. The third-order valence-electron chi connectivity index (χ3n) is 4.92. The van der Waals surface area contributed by atoms with Crippen molar-refractivity contribution in [2.24, 2.45) is 0 Å². The molecule has 0 aliphatic heterocycles. The zero-order valence-electron chi connectivity index (χ0n) is 14.3. The summed E-state index contributed by atoms with van der Waals surface area (Å²) >= 11 is 5.97. The number of rotatable bonds is 3. The van der Waals surface area contributed by atoms with Crippen LogP contribution in [-0.4, -0.2) is 25.0 Å². The number of Topliss-reactive ketones (excluding diaryl/α,β-unsaturated/α-hetero) is 1. The second-order valence-electron chi connectivity index (χ2n) is 6.76. The van der Waals surface area contributed by atoms with Crippen LogP contribution in [0.5, 0.6) is 0 Å². The predicted octanol–water partition coefficient (Wildman–Crippen LogP) is 4.27. The van der Waals surface area contributed by atoms with Crippen LogP contribution in [0.3, 0.4) is 0 Å². The Morgan fingerprint density at radius 2 is 1.81 bits per heavy atom. The van der Waals surface area contributed by atoms with E-state index < -0.39 is 9.84 Å². The fourth-order valence-corrected chi connectivity index (χ4v) is 4.46. The number of sulfone groups is 1. The molecule has 4 rings (SSSR count). The Bertz CT molecular complexity index is 1130. The van der Waals surface area contributed by atoms with Crippen molar-refractivity contribution in [1.82, 2.24) is 4.57 Å². The van der Waals surface area contributed by atoms with Crippen molar-refractivity contribution in [3.05, 3.63) is 64.3 Å². The molecule has 4 nitrogen and oxygen atoms in total. The molecule has 0 fully saturated rings. The number of benzene rings is 2. The molecule has 0 atom stereocenters. The molecule has 26 heavy (non-hydrogen) atoms. The summed E-state index contributed by atoms with van der Waals surface area (Å²) in [4.78, 5) is 12.8. The van der Waals surface area contributed by atoms with Gasteiger partial charge in [0.2, 0.25) is 0 Å². The first-order valence-electron chi connectivity index (χ1n) is 8.47. The Kier molecular flexibility index (Phi) is 4.16. The average Bonchev–Trinajstić information content (AvgIpc) is 2.91. The molecule has 2 aromatic carbocycles.